The average Bonchev–Trinajstić information content (AvgIpc) is 2.69. The lowest BCUT2D eigenvalue weighted by Gasteiger charge is -1.94. The number of aromatic amines is 1. The van der Waals surface area contributed by atoms with Crippen LogP contribution in [0.15, 0.2) is 36.4 Å². The van der Waals surface area contributed by atoms with E-state index in [1.807, 2.05) is 32.0 Å². The number of nitrogens with one attached hydrogen (secondary N) is 1. The first-order valence-corrected chi connectivity index (χ1v) is 6.29. The van der Waals surface area contributed by atoms with Crippen LogP contribution in [0.4, 0.5) is 0 Å². The number of hydrogen-bond acceptors (Lipinski definition) is 0. The zero-order chi connectivity index (χ0) is 12.4. The second-order valence-corrected chi connectivity index (χ2v) is 4.30. The molecule has 3 aromatic rings. The molecule has 1 nitrogen and oxygen atoms in total. The van der Waals surface area contributed by atoms with Crippen LogP contribution in [0.1, 0.15) is 19.4 Å². The summed E-state index contributed by atoms with van der Waals surface area (Å²) in [5.41, 5.74) is 3.57. The molecule has 0 bridgehead atoms. The zero-order valence-corrected chi connectivity index (χ0v) is 11.1. The van der Waals surface area contributed by atoms with Gasteiger partial charge in [0.15, 0.2) is 0 Å². The lowest BCUT2D eigenvalue weighted by atomic mass is 10.1. The fourth-order valence-corrected chi connectivity index (χ4v) is 2.16. The molecule has 0 radical (unpaired) electrons. The van der Waals surface area contributed by atoms with Gasteiger partial charge in [-0.15, -0.1) is 0 Å². The molecule has 1 heterocycles. The molecule has 3 rings (SSSR count). The summed E-state index contributed by atoms with van der Waals surface area (Å²) in [6, 6.07) is 12.3. The predicted molar refractivity (Wildman–Crippen MR) is 76.9 cm³/mol. The first kappa shape index (κ1) is 12.0. The zero-order valence-electron chi connectivity index (χ0n) is 10.3. The highest BCUT2D eigenvalue weighted by molar-refractivity contribution is 6.31. The van der Waals surface area contributed by atoms with Crippen LogP contribution in [0.3, 0.4) is 0 Å². The number of aryl methyl sites for hydroxylation is 1. The lowest BCUT2D eigenvalue weighted by molar-refractivity contribution is 1.49. The van der Waals surface area contributed by atoms with Gasteiger partial charge in [0, 0.05) is 26.8 Å². The highest BCUT2D eigenvalue weighted by atomic mass is 35.5. The molecule has 0 saturated heterocycles. The Morgan fingerprint density at radius 1 is 0.882 bits per heavy atom. The summed E-state index contributed by atoms with van der Waals surface area (Å²) in [7, 11) is 0. The third-order valence-corrected chi connectivity index (χ3v) is 2.95. The summed E-state index contributed by atoms with van der Waals surface area (Å²) in [5.74, 6) is 0. The molecule has 0 unspecified atom stereocenters. The summed E-state index contributed by atoms with van der Waals surface area (Å²) in [6.45, 7) is 6.10. The van der Waals surface area contributed by atoms with Gasteiger partial charge >= 0.3 is 0 Å². The van der Waals surface area contributed by atoms with Crippen molar-refractivity contribution >= 4 is 33.4 Å². The number of benzene rings is 2. The molecule has 0 aliphatic rings. The number of hydrogen-bond donors (Lipinski definition) is 1. The van der Waals surface area contributed by atoms with Crippen LogP contribution in [0.2, 0.25) is 5.02 Å². The van der Waals surface area contributed by atoms with Gasteiger partial charge in [-0.05, 0) is 37.3 Å². The Hall–Kier alpha value is -1.47. The van der Waals surface area contributed by atoms with Crippen molar-refractivity contribution in [1.82, 2.24) is 4.98 Å². The molecule has 0 saturated carbocycles. The van der Waals surface area contributed by atoms with Gasteiger partial charge in [-0.2, -0.15) is 0 Å². The Balaban J connectivity index is 0.000000514. The van der Waals surface area contributed by atoms with Crippen molar-refractivity contribution in [2.45, 2.75) is 20.8 Å². The molecule has 0 aliphatic carbocycles. The Morgan fingerprint density at radius 3 is 2.18 bits per heavy atom. The third-order valence-electron chi connectivity index (χ3n) is 2.72. The normalized spacial score (nSPS) is 10.4. The summed E-state index contributed by atoms with van der Waals surface area (Å²) < 4.78 is 0. The van der Waals surface area contributed by atoms with Crippen molar-refractivity contribution in [3.63, 3.8) is 0 Å². The molecule has 0 spiro atoms. The molecule has 17 heavy (non-hydrogen) atoms. The van der Waals surface area contributed by atoms with Gasteiger partial charge in [0.2, 0.25) is 0 Å². The number of fused-ring (bicyclic) bond motifs is 3. The molecule has 0 fully saturated rings. The number of halogens is 1. The summed E-state index contributed by atoms with van der Waals surface area (Å²) in [5, 5.41) is 3.22. The van der Waals surface area contributed by atoms with Gasteiger partial charge in [0.05, 0.1) is 0 Å². The minimum atomic E-state index is 0.782. The van der Waals surface area contributed by atoms with E-state index in [9.17, 15) is 0 Å². The summed E-state index contributed by atoms with van der Waals surface area (Å²) >= 11 is 6.00. The smallest absolute Gasteiger partial charge is 0.0465 e. The van der Waals surface area contributed by atoms with Crippen molar-refractivity contribution in [2.24, 2.45) is 0 Å². The monoisotopic (exact) mass is 245 g/mol. The van der Waals surface area contributed by atoms with Crippen molar-refractivity contribution in [1.29, 1.82) is 0 Å². The minimum Gasteiger partial charge on any atom is -0.355 e. The molecule has 2 heteroatoms. The Morgan fingerprint density at radius 2 is 1.47 bits per heavy atom. The maximum atomic E-state index is 6.00. The second-order valence-electron chi connectivity index (χ2n) is 3.86. The number of rotatable bonds is 0. The van der Waals surface area contributed by atoms with E-state index >= 15 is 0 Å². The molecule has 0 amide bonds. The number of aromatic nitrogens is 1. The maximum Gasteiger partial charge on any atom is 0.0465 e. The van der Waals surface area contributed by atoms with E-state index in [0.717, 1.165) is 16.1 Å². The van der Waals surface area contributed by atoms with Crippen molar-refractivity contribution in [2.75, 3.05) is 0 Å². The lowest BCUT2D eigenvalue weighted by Crippen LogP contribution is -1.71. The fraction of sp³-hybridized carbons (Fsp3) is 0.200. The predicted octanol–water partition coefficient (Wildman–Crippen LogP) is 5.31. The topological polar surface area (TPSA) is 15.8 Å². The molecule has 1 N–H and O–H groups in total. The van der Waals surface area contributed by atoms with Gasteiger partial charge in [-0.25, -0.2) is 0 Å². The van der Waals surface area contributed by atoms with Gasteiger partial charge < -0.3 is 4.98 Å². The SMILES string of the molecule is CC.Cc1ccc2[nH]c3ccc(Cl)cc3c2c1. The molecule has 2 aromatic carbocycles. The molecular formula is C15H16ClN. The van der Waals surface area contributed by atoms with Crippen LogP contribution in [0.5, 0.6) is 0 Å². The molecule has 88 valence electrons. The largest absolute Gasteiger partial charge is 0.355 e. The van der Waals surface area contributed by atoms with Crippen LogP contribution >= 0.6 is 11.6 Å². The highest BCUT2D eigenvalue weighted by Crippen LogP contribution is 2.28. The van der Waals surface area contributed by atoms with Crippen LogP contribution in [0, 0.1) is 6.92 Å². The van der Waals surface area contributed by atoms with E-state index in [-0.39, 0.29) is 0 Å². The molecular weight excluding hydrogens is 230 g/mol. The van der Waals surface area contributed by atoms with E-state index in [1.165, 1.54) is 16.3 Å². The standard InChI is InChI=1S/C13H10ClN.C2H6/c1-8-2-4-12-10(6-8)11-7-9(14)3-5-13(11)15-12;1-2/h2-7,15H,1H3;1-2H3. The van der Waals surface area contributed by atoms with Crippen LogP contribution < -0.4 is 0 Å². The quantitative estimate of drug-likeness (QED) is 0.553. The van der Waals surface area contributed by atoms with Crippen molar-refractivity contribution in [3.8, 4) is 0 Å². The Labute approximate surface area is 106 Å². The van der Waals surface area contributed by atoms with Crippen LogP contribution in [-0.2, 0) is 0 Å². The van der Waals surface area contributed by atoms with Crippen LogP contribution in [-0.4, -0.2) is 4.98 Å². The summed E-state index contributed by atoms with van der Waals surface area (Å²) in [6.07, 6.45) is 0. The van der Waals surface area contributed by atoms with Gasteiger partial charge in [0.1, 0.15) is 0 Å². The van der Waals surface area contributed by atoms with Crippen LogP contribution in [0.25, 0.3) is 21.8 Å². The number of H-pyrrole nitrogens is 1. The average molecular weight is 246 g/mol. The first-order valence-electron chi connectivity index (χ1n) is 5.92. The van der Waals surface area contributed by atoms with Gasteiger partial charge in [0.25, 0.3) is 0 Å². The third kappa shape index (κ3) is 2.16. The van der Waals surface area contributed by atoms with E-state index in [0.29, 0.717) is 0 Å². The van der Waals surface area contributed by atoms with E-state index in [2.05, 4.69) is 30.1 Å². The van der Waals surface area contributed by atoms with E-state index in [1.54, 1.807) is 0 Å². The van der Waals surface area contributed by atoms with Crippen molar-refractivity contribution in [3.05, 3.63) is 47.0 Å². The molecule has 0 aliphatic heterocycles. The summed E-state index contributed by atoms with van der Waals surface area (Å²) in [4.78, 5) is 3.37. The first-order chi connectivity index (χ1) is 8.24. The van der Waals surface area contributed by atoms with Crippen molar-refractivity contribution < 1.29 is 0 Å². The van der Waals surface area contributed by atoms with E-state index < -0.39 is 0 Å². The Kier molecular flexibility index (Phi) is 3.39. The maximum absolute atomic E-state index is 6.00. The van der Waals surface area contributed by atoms with Gasteiger partial charge in [-0.3, -0.25) is 0 Å². The van der Waals surface area contributed by atoms with E-state index in [4.69, 9.17) is 11.6 Å². The highest BCUT2D eigenvalue weighted by Gasteiger charge is 2.04. The Bertz CT molecular complexity index is 596. The molecule has 0 atom stereocenters. The minimum absolute atomic E-state index is 0.782. The van der Waals surface area contributed by atoms with Gasteiger partial charge in [-0.1, -0.05) is 37.1 Å². The fourth-order valence-electron chi connectivity index (χ4n) is 1.98. The molecule has 1 aromatic heterocycles. The second kappa shape index (κ2) is 4.80.